The van der Waals surface area contributed by atoms with Crippen molar-refractivity contribution in [2.45, 2.75) is 6.61 Å². The summed E-state index contributed by atoms with van der Waals surface area (Å²) in [5.41, 5.74) is 5.82. The third kappa shape index (κ3) is 4.00. The maximum absolute atomic E-state index is 12.4. The predicted octanol–water partition coefficient (Wildman–Crippen LogP) is 3.17. The largest absolute Gasteiger partial charge is 0.484 e. The highest BCUT2D eigenvalue weighted by Gasteiger charge is 2.13. The Morgan fingerprint density at radius 3 is 2.50 bits per heavy atom. The number of fused-ring (bicyclic) bond motifs is 3. The number of carbonyl (C=O) groups is 2. The van der Waals surface area contributed by atoms with E-state index in [1.807, 2.05) is 30.3 Å². The molecular formula is C23H17NO6. The maximum atomic E-state index is 12.4. The number of hydrogen-bond donors (Lipinski definition) is 1. The van der Waals surface area contributed by atoms with Crippen LogP contribution in [-0.4, -0.2) is 18.5 Å². The summed E-state index contributed by atoms with van der Waals surface area (Å²) in [7, 11) is 0. The molecule has 4 rings (SSSR count). The minimum absolute atomic E-state index is 0.0884. The van der Waals surface area contributed by atoms with Gasteiger partial charge < -0.3 is 19.6 Å². The fraction of sp³-hybridized carbons (Fsp3) is 0.0870. The molecule has 0 aliphatic carbocycles. The van der Waals surface area contributed by atoms with Gasteiger partial charge in [0.25, 0.3) is 5.91 Å². The van der Waals surface area contributed by atoms with Crippen LogP contribution in [0.2, 0.25) is 0 Å². The van der Waals surface area contributed by atoms with Crippen molar-refractivity contribution in [3.63, 3.8) is 0 Å². The summed E-state index contributed by atoms with van der Waals surface area (Å²) in [6.45, 7) is -0.337. The molecule has 1 amide bonds. The molecule has 0 unspecified atom stereocenters. The lowest BCUT2D eigenvalue weighted by atomic mass is 10.0. The van der Waals surface area contributed by atoms with E-state index in [1.165, 1.54) is 18.2 Å². The number of primary amides is 1. The van der Waals surface area contributed by atoms with Crippen molar-refractivity contribution in [3.05, 3.63) is 88.3 Å². The summed E-state index contributed by atoms with van der Waals surface area (Å²) in [5, 5.41) is 2.62. The topological polar surface area (TPSA) is 109 Å². The van der Waals surface area contributed by atoms with Gasteiger partial charge in [-0.15, -0.1) is 0 Å². The molecule has 7 nitrogen and oxygen atoms in total. The Labute approximate surface area is 170 Å². The van der Waals surface area contributed by atoms with Crippen molar-refractivity contribution in [2.75, 3.05) is 6.61 Å². The molecule has 0 bridgehead atoms. The molecular weight excluding hydrogens is 386 g/mol. The molecule has 150 valence electrons. The smallest absolute Gasteiger partial charge is 0.338 e. The van der Waals surface area contributed by atoms with Gasteiger partial charge in [0.1, 0.15) is 17.9 Å². The average molecular weight is 403 g/mol. The number of nitrogens with two attached hydrogens (primary N) is 1. The number of amides is 1. The summed E-state index contributed by atoms with van der Waals surface area (Å²) in [6.07, 6.45) is 0. The molecule has 0 atom stereocenters. The summed E-state index contributed by atoms with van der Waals surface area (Å²) in [4.78, 5) is 35.2. The van der Waals surface area contributed by atoms with Crippen LogP contribution >= 0.6 is 0 Å². The first-order chi connectivity index (χ1) is 14.5. The zero-order valence-corrected chi connectivity index (χ0v) is 15.8. The number of benzene rings is 3. The molecule has 3 aromatic carbocycles. The Hall–Kier alpha value is -4.13. The number of esters is 1. The van der Waals surface area contributed by atoms with Gasteiger partial charge in [0.2, 0.25) is 0 Å². The van der Waals surface area contributed by atoms with Crippen molar-refractivity contribution < 1.29 is 23.5 Å². The Balaban J connectivity index is 1.57. The molecule has 7 heteroatoms. The number of hydrogen-bond acceptors (Lipinski definition) is 6. The zero-order chi connectivity index (χ0) is 21.1. The van der Waals surface area contributed by atoms with Gasteiger partial charge in [-0.3, -0.25) is 4.79 Å². The number of ether oxygens (including phenoxy) is 2. The second kappa shape index (κ2) is 8.08. The minimum Gasteiger partial charge on any atom is -0.484 e. The molecule has 0 saturated carbocycles. The van der Waals surface area contributed by atoms with E-state index < -0.39 is 17.5 Å². The molecule has 4 aromatic rings. The SMILES string of the molecule is NC(=O)COc1ccc(C(=O)OCc2cc(=O)oc3ccc4ccccc4c23)cc1. The van der Waals surface area contributed by atoms with E-state index in [-0.39, 0.29) is 13.2 Å². The summed E-state index contributed by atoms with van der Waals surface area (Å²) in [6, 6.07) is 18.8. The van der Waals surface area contributed by atoms with E-state index >= 15 is 0 Å². The van der Waals surface area contributed by atoms with Gasteiger partial charge in [0.15, 0.2) is 6.61 Å². The van der Waals surface area contributed by atoms with Gasteiger partial charge in [-0.2, -0.15) is 0 Å². The molecule has 0 saturated heterocycles. The van der Waals surface area contributed by atoms with Crippen LogP contribution in [0.1, 0.15) is 15.9 Å². The summed E-state index contributed by atoms with van der Waals surface area (Å²) >= 11 is 0. The number of rotatable bonds is 6. The Kier molecular flexibility index (Phi) is 5.17. The van der Waals surface area contributed by atoms with Crippen molar-refractivity contribution in [1.29, 1.82) is 0 Å². The van der Waals surface area contributed by atoms with Gasteiger partial charge in [-0.05, 0) is 41.1 Å². The average Bonchev–Trinajstić information content (AvgIpc) is 2.75. The van der Waals surface area contributed by atoms with E-state index in [0.717, 1.165) is 16.2 Å². The van der Waals surface area contributed by atoms with Crippen LogP contribution in [0.3, 0.4) is 0 Å². The van der Waals surface area contributed by atoms with Crippen LogP contribution < -0.4 is 16.1 Å². The van der Waals surface area contributed by atoms with E-state index in [9.17, 15) is 14.4 Å². The molecule has 0 aliphatic rings. The fourth-order valence-electron chi connectivity index (χ4n) is 3.20. The quantitative estimate of drug-likeness (QED) is 0.301. The van der Waals surface area contributed by atoms with Gasteiger partial charge in [-0.1, -0.05) is 30.3 Å². The van der Waals surface area contributed by atoms with Gasteiger partial charge in [0.05, 0.1) is 5.56 Å². The Morgan fingerprint density at radius 1 is 0.967 bits per heavy atom. The van der Waals surface area contributed by atoms with Crippen LogP contribution in [0.5, 0.6) is 5.75 Å². The third-order valence-corrected chi connectivity index (χ3v) is 4.54. The van der Waals surface area contributed by atoms with Crippen molar-refractivity contribution in [1.82, 2.24) is 0 Å². The van der Waals surface area contributed by atoms with Gasteiger partial charge in [0, 0.05) is 17.0 Å². The fourth-order valence-corrected chi connectivity index (χ4v) is 3.20. The first-order valence-electron chi connectivity index (χ1n) is 9.14. The molecule has 1 heterocycles. The maximum Gasteiger partial charge on any atom is 0.338 e. The minimum atomic E-state index is -0.592. The molecule has 0 aliphatic heterocycles. The first kappa shape index (κ1) is 19.2. The first-order valence-corrected chi connectivity index (χ1v) is 9.14. The highest BCUT2D eigenvalue weighted by atomic mass is 16.5. The highest BCUT2D eigenvalue weighted by Crippen LogP contribution is 2.28. The second-order valence-corrected chi connectivity index (χ2v) is 6.61. The van der Waals surface area contributed by atoms with Crippen molar-refractivity contribution >= 4 is 33.6 Å². The van der Waals surface area contributed by atoms with Crippen LogP contribution in [-0.2, 0) is 16.1 Å². The normalized spacial score (nSPS) is 10.8. The molecule has 0 spiro atoms. The monoisotopic (exact) mass is 403 g/mol. The van der Waals surface area contributed by atoms with Crippen LogP contribution in [0.15, 0.2) is 75.9 Å². The zero-order valence-electron chi connectivity index (χ0n) is 15.8. The van der Waals surface area contributed by atoms with Gasteiger partial charge >= 0.3 is 11.6 Å². The lowest BCUT2D eigenvalue weighted by molar-refractivity contribution is -0.119. The van der Waals surface area contributed by atoms with E-state index in [2.05, 4.69) is 0 Å². The molecule has 0 radical (unpaired) electrons. The summed E-state index contributed by atoms with van der Waals surface area (Å²) < 4.78 is 15.9. The third-order valence-electron chi connectivity index (χ3n) is 4.54. The lowest BCUT2D eigenvalue weighted by Crippen LogP contribution is -2.20. The second-order valence-electron chi connectivity index (χ2n) is 6.61. The Bertz CT molecular complexity index is 1310. The van der Waals surface area contributed by atoms with Crippen molar-refractivity contribution in [2.24, 2.45) is 5.73 Å². The van der Waals surface area contributed by atoms with Crippen LogP contribution in [0.4, 0.5) is 0 Å². The van der Waals surface area contributed by atoms with Crippen molar-refractivity contribution in [3.8, 4) is 5.75 Å². The van der Waals surface area contributed by atoms with E-state index in [0.29, 0.717) is 22.5 Å². The molecule has 30 heavy (non-hydrogen) atoms. The van der Waals surface area contributed by atoms with Crippen LogP contribution in [0.25, 0.3) is 21.7 Å². The van der Waals surface area contributed by atoms with Crippen LogP contribution in [0, 0.1) is 0 Å². The molecule has 2 N–H and O–H groups in total. The molecule has 1 aromatic heterocycles. The predicted molar refractivity (Wildman–Crippen MR) is 110 cm³/mol. The van der Waals surface area contributed by atoms with Gasteiger partial charge in [-0.25, -0.2) is 9.59 Å². The highest BCUT2D eigenvalue weighted by molar-refractivity contribution is 6.07. The standard InChI is InChI=1S/C23H17NO6/c24-20(25)13-28-17-8-5-15(6-9-17)23(27)29-12-16-11-21(26)30-19-10-7-14-3-1-2-4-18(14)22(16)19/h1-11H,12-13H2,(H2,24,25). The van der Waals surface area contributed by atoms with E-state index in [1.54, 1.807) is 18.2 Å². The Morgan fingerprint density at radius 2 is 1.73 bits per heavy atom. The summed E-state index contributed by atoms with van der Waals surface area (Å²) in [5.74, 6) is -0.743. The number of carbonyl (C=O) groups excluding carboxylic acids is 2. The van der Waals surface area contributed by atoms with E-state index in [4.69, 9.17) is 19.6 Å². The lowest BCUT2D eigenvalue weighted by Gasteiger charge is -2.10. The molecule has 0 fully saturated rings.